The van der Waals surface area contributed by atoms with Gasteiger partial charge in [-0.15, -0.1) is 0 Å². The Morgan fingerprint density at radius 1 is 0.950 bits per heavy atom. The van der Waals surface area contributed by atoms with Crippen LogP contribution in [0.15, 0.2) is 18.2 Å². The number of benzene rings is 1. The lowest BCUT2D eigenvalue weighted by molar-refractivity contribution is -0.130. The van der Waals surface area contributed by atoms with Crippen molar-refractivity contribution in [2.75, 3.05) is 26.2 Å². The second-order valence-electron chi connectivity index (χ2n) is 5.64. The largest absolute Gasteiger partial charge is 0.339 e. The lowest BCUT2D eigenvalue weighted by Gasteiger charge is -2.34. The summed E-state index contributed by atoms with van der Waals surface area (Å²) in [5.41, 5.74) is 3.52. The molecular weight excluding hydrogens is 252 g/mol. The maximum Gasteiger partial charge on any atom is 0.253 e. The normalized spacial score (nSPS) is 18.1. The first-order valence-corrected chi connectivity index (χ1v) is 7.32. The van der Waals surface area contributed by atoms with E-state index in [2.05, 4.69) is 12.1 Å². The van der Waals surface area contributed by atoms with Crippen molar-refractivity contribution in [1.29, 1.82) is 0 Å². The summed E-state index contributed by atoms with van der Waals surface area (Å²) in [5, 5.41) is 0. The first-order chi connectivity index (χ1) is 9.65. The molecule has 4 heteroatoms. The lowest BCUT2D eigenvalue weighted by atomic mass is 10.1. The van der Waals surface area contributed by atoms with Crippen molar-refractivity contribution >= 4 is 11.8 Å². The first kappa shape index (κ1) is 13.2. The number of amides is 2. The predicted octanol–water partition coefficient (Wildman–Crippen LogP) is 1.48. The number of piperazine rings is 1. The number of carbonyl (C=O) groups is 2. The average molecular weight is 272 g/mol. The van der Waals surface area contributed by atoms with E-state index in [1.807, 2.05) is 11.0 Å². The molecule has 1 heterocycles. The predicted molar refractivity (Wildman–Crippen MR) is 76.6 cm³/mol. The Kier molecular flexibility index (Phi) is 3.47. The van der Waals surface area contributed by atoms with Crippen LogP contribution in [0.5, 0.6) is 0 Å². The van der Waals surface area contributed by atoms with E-state index in [-0.39, 0.29) is 11.8 Å². The Bertz CT molecular complexity index is 545. The van der Waals surface area contributed by atoms with Gasteiger partial charge in [-0.3, -0.25) is 9.59 Å². The summed E-state index contributed by atoms with van der Waals surface area (Å²) in [6.07, 6.45) is 3.43. The van der Waals surface area contributed by atoms with E-state index in [9.17, 15) is 9.59 Å². The van der Waals surface area contributed by atoms with Gasteiger partial charge in [0.15, 0.2) is 0 Å². The second kappa shape index (κ2) is 5.27. The van der Waals surface area contributed by atoms with Gasteiger partial charge in [0.1, 0.15) is 0 Å². The number of rotatable bonds is 1. The zero-order chi connectivity index (χ0) is 14.1. The highest BCUT2D eigenvalue weighted by atomic mass is 16.2. The highest BCUT2D eigenvalue weighted by Crippen LogP contribution is 2.23. The molecule has 0 spiro atoms. The van der Waals surface area contributed by atoms with Gasteiger partial charge in [-0.1, -0.05) is 6.07 Å². The molecule has 2 amide bonds. The lowest BCUT2D eigenvalue weighted by Crippen LogP contribution is -2.50. The molecule has 3 rings (SSSR count). The summed E-state index contributed by atoms with van der Waals surface area (Å²) in [6, 6.07) is 6.10. The molecule has 0 aromatic heterocycles. The van der Waals surface area contributed by atoms with Crippen LogP contribution in [0.2, 0.25) is 0 Å². The van der Waals surface area contributed by atoms with Gasteiger partial charge in [0.25, 0.3) is 5.91 Å². The molecular formula is C16H20N2O2. The third-order valence-electron chi connectivity index (χ3n) is 4.36. The van der Waals surface area contributed by atoms with E-state index in [0.29, 0.717) is 26.2 Å². The molecule has 2 aliphatic rings. The van der Waals surface area contributed by atoms with Crippen LogP contribution in [0.3, 0.4) is 0 Å². The van der Waals surface area contributed by atoms with Gasteiger partial charge in [-0.2, -0.15) is 0 Å². The van der Waals surface area contributed by atoms with Crippen LogP contribution in [0.1, 0.15) is 34.8 Å². The summed E-state index contributed by atoms with van der Waals surface area (Å²) in [7, 11) is 0. The van der Waals surface area contributed by atoms with E-state index in [0.717, 1.165) is 18.4 Å². The first-order valence-electron chi connectivity index (χ1n) is 7.32. The van der Waals surface area contributed by atoms with Crippen molar-refractivity contribution in [1.82, 2.24) is 9.80 Å². The quantitative estimate of drug-likeness (QED) is 0.777. The monoisotopic (exact) mass is 272 g/mol. The molecule has 1 saturated heterocycles. The topological polar surface area (TPSA) is 40.6 Å². The van der Waals surface area contributed by atoms with Crippen molar-refractivity contribution in [3.8, 4) is 0 Å². The van der Waals surface area contributed by atoms with Gasteiger partial charge >= 0.3 is 0 Å². The minimum Gasteiger partial charge on any atom is -0.339 e. The summed E-state index contributed by atoms with van der Waals surface area (Å²) in [4.78, 5) is 27.4. The minimum absolute atomic E-state index is 0.0922. The van der Waals surface area contributed by atoms with Gasteiger partial charge in [-0.05, 0) is 42.5 Å². The molecule has 1 aromatic carbocycles. The van der Waals surface area contributed by atoms with Gasteiger partial charge in [0, 0.05) is 38.7 Å². The number of carbonyl (C=O) groups excluding carboxylic acids is 2. The van der Waals surface area contributed by atoms with Gasteiger partial charge in [-0.25, -0.2) is 0 Å². The molecule has 0 radical (unpaired) electrons. The van der Waals surface area contributed by atoms with Crippen LogP contribution in [-0.2, 0) is 17.6 Å². The fourth-order valence-corrected chi connectivity index (χ4v) is 3.11. The van der Waals surface area contributed by atoms with Crippen LogP contribution in [0.25, 0.3) is 0 Å². The number of aryl methyl sites for hydroxylation is 2. The van der Waals surface area contributed by atoms with Crippen LogP contribution < -0.4 is 0 Å². The number of nitrogens with zero attached hydrogens (tertiary/aromatic N) is 2. The SMILES string of the molecule is CC(=O)N1CCN(C(=O)c2ccc3c(c2)CCC3)CC1. The smallest absolute Gasteiger partial charge is 0.253 e. The fraction of sp³-hybridized carbons (Fsp3) is 0.500. The Hall–Kier alpha value is -1.84. The molecule has 1 aliphatic heterocycles. The maximum atomic E-state index is 12.5. The zero-order valence-electron chi connectivity index (χ0n) is 11.9. The highest BCUT2D eigenvalue weighted by Gasteiger charge is 2.24. The molecule has 0 saturated carbocycles. The van der Waals surface area contributed by atoms with Crippen molar-refractivity contribution < 1.29 is 9.59 Å². The summed E-state index contributed by atoms with van der Waals surface area (Å²) in [6.45, 7) is 4.14. The van der Waals surface area contributed by atoms with E-state index >= 15 is 0 Å². The Labute approximate surface area is 119 Å². The zero-order valence-corrected chi connectivity index (χ0v) is 11.9. The van der Waals surface area contributed by atoms with E-state index in [1.165, 1.54) is 17.5 Å². The number of hydrogen-bond acceptors (Lipinski definition) is 2. The number of hydrogen-bond donors (Lipinski definition) is 0. The summed E-state index contributed by atoms with van der Waals surface area (Å²) >= 11 is 0. The maximum absolute atomic E-state index is 12.5. The average Bonchev–Trinajstić information content (AvgIpc) is 2.94. The van der Waals surface area contributed by atoms with Crippen molar-refractivity contribution in [3.05, 3.63) is 34.9 Å². The molecule has 0 unspecified atom stereocenters. The second-order valence-corrected chi connectivity index (χ2v) is 5.64. The summed E-state index contributed by atoms with van der Waals surface area (Å²) in [5.74, 6) is 0.192. The molecule has 0 N–H and O–H groups in total. The van der Waals surface area contributed by atoms with E-state index < -0.39 is 0 Å². The third-order valence-corrected chi connectivity index (χ3v) is 4.36. The Morgan fingerprint density at radius 2 is 1.60 bits per heavy atom. The Morgan fingerprint density at radius 3 is 2.30 bits per heavy atom. The third kappa shape index (κ3) is 2.42. The Balaban J connectivity index is 1.69. The molecule has 0 bridgehead atoms. The number of fused-ring (bicyclic) bond motifs is 1. The molecule has 106 valence electrons. The van der Waals surface area contributed by atoms with Gasteiger partial charge < -0.3 is 9.80 Å². The van der Waals surface area contributed by atoms with Crippen LogP contribution in [0.4, 0.5) is 0 Å². The summed E-state index contributed by atoms with van der Waals surface area (Å²) < 4.78 is 0. The molecule has 0 atom stereocenters. The van der Waals surface area contributed by atoms with Crippen LogP contribution in [0, 0.1) is 0 Å². The molecule has 1 aromatic rings. The minimum atomic E-state index is 0.0922. The van der Waals surface area contributed by atoms with Crippen molar-refractivity contribution in [2.24, 2.45) is 0 Å². The highest BCUT2D eigenvalue weighted by molar-refractivity contribution is 5.94. The van der Waals surface area contributed by atoms with Gasteiger partial charge in [0.05, 0.1) is 0 Å². The van der Waals surface area contributed by atoms with Crippen LogP contribution >= 0.6 is 0 Å². The van der Waals surface area contributed by atoms with Gasteiger partial charge in [0.2, 0.25) is 5.91 Å². The fourth-order valence-electron chi connectivity index (χ4n) is 3.11. The molecule has 1 fully saturated rings. The molecule has 4 nitrogen and oxygen atoms in total. The molecule has 1 aliphatic carbocycles. The van der Waals surface area contributed by atoms with E-state index in [4.69, 9.17) is 0 Å². The van der Waals surface area contributed by atoms with Crippen LogP contribution in [-0.4, -0.2) is 47.8 Å². The standard InChI is InChI=1S/C16H20N2O2/c1-12(19)17-7-9-18(10-8-17)16(20)15-6-5-13-3-2-4-14(13)11-15/h5-6,11H,2-4,7-10H2,1H3. The van der Waals surface area contributed by atoms with E-state index in [1.54, 1.807) is 11.8 Å². The molecule has 20 heavy (non-hydrogen) atoms. The van der Waals surface area contributed by atoms with Crippen molar-refractivity contribution in [3.63, 3.8) is 0 Å². The van der Waals surface area contributed by atoms with Crippen molar-refractivity contribution in [2.45, 2.75) is 26.2 Å².